The number of rotatable bonds is 6. The Morgan fingerprint density at radius 3 is 2.51 bits per heavy atom. The van der Waals surface area contributed by atoms with Gasteiger partial charge in [-0.15, -0.1) is 0 Å². The largest absolute Gasteiger partial charge is 0.349 e. The number of fused-ring (bicyclic) bond motifs is 1. The maximum atomic E-state index is 13.4. The molecule has 8 heteroatoms. The van der Waals surface area contributed by atoms with Crippen molar-refractivity contribution in [1.29, 1.82) is 0 Å². The van der Waals surface area contributed by atoms with Gasteiger partial charge in [0.25, 0.3) is 5.91 Å². The summed E-state index contributed by atoms with van der Waals surface area (Å²) in [4.78, 5) is 34.5. The van der Waals surface area contributed by atoms with Crippen LogP contribution in [0, 0.1) is 12.8 Å². The summed E-state index contributed by atoms with van der Waals surface area (Å²) in [5.41, 5.74) is 4.09. The third kappa shape index (κ3) is 5.00. The molecule has 0 spiro atoms. The van der Waals surface area contributed by atoms with Crippen LogP contribution >= 0.6 is 11.6 Å². The summed E-state index contributed by atoms with van der Waals surface area (Å²) in [7, 11) is 0. The molecule has 4 aromatic rings. The van der Waals surface area contributed by atoms with Gasteiger partial charge in [0.15, 0.2) is 0 Å². The number of para-hydroxylation sites is 2. The number of imidazole rings is 1. The normalized spacial score (nSPS) is 18.0. The van der Waals surface area contributed by atoms with E-state index >= 15 is 0 Å². The lowest BCUT2D eigenvalue weighted by atomic mass is 9.85. The van der Waals surface area contributed by atoms with Crippen molar-refractivity contribution in [1.82, 2.24) is 24.4 Å². The van der Waals surface area contributed by atoms with Gasteiger partial charge in [-0.2, -0.15) is 0 Å². The Hall–Kier alpha value is -3.45. The van der Waals surface area contributed by atoms with Crippen molar-refractivity contribution in [3.8, 4) is 0 Å². The predicted molar refractivity (Wildman–Crippen MR) is 137 cm³/mol. The number of amides is 1. The zero-order chi connectivity index (χ0) is 24.4. The average molecular weight is 490 g/mol. The monoisotopic (exact) mass is 489 g/mol. The van der Waals surface area contributed by atoms with Gasteiger partial charge in [0.05, 0.1) is 33.9 Å². The molecular formula is C27H28ClN5O2. The number of hydrogen-bond donors (Lipinski definition) is 1. The van der Waals surface area contributed by atoms with E-state index in [2.05, 4.69) is 15.3 Å². The zero-order valence-electron chi connectivity index (χ0n) is 19.7. The van der Waals surface area contributed by atoms with Crippen molar-refractivity contribution in [3.63, 3.8) is 0 Å². The molecule has 0 unspecified atom stereocenters. The van der Waals surface area contributed by atoms with Gasteiger partial charge < -0.3 is 5.32 Å². The van der Waals surface area contributed by atoms with Crippen molar-refractivity contribution in [2.75, 3.05) is 0 Å². The molecule has 1 aliphatic rings. The van der Waals surface area contributed by atoms with Crippen molar-refractivity contribution in [3.05, 3.63) is 93.4 Å². The molecule has 0 radical (unpaired) electrons. The molecule has 180 valence electrons. The fourth-order valence-electron chi connectivity index (χ4n) is 5.02. The minimum absolute atomic E-state index is 0.00871. The van der Waals surface area contributed by atoms with Gasteiger partial charge in [-0.3, -0.25) is 23.9 Å². The highest BCUT2D eigenvalue weighted by atomic mass is 35.5. The second-order valence-corrected chi connectivity index (χ2v) is 9.74. The summed E-state index contributed by atoms with van der Waals surface area (Å²) in [6.45, 7) is 2.98. The van der Waals surface area contributed by atoms with Crippen LogP contribution in [0.4, 0.5) is 0 Å². The number of benzene rings is 1. The summed E-state index contributed by atoms with van der Waals surface area (Å²) in [6.07, 6.45) is 8.75. The summed E-state index contributed by atoms with van der Waals surface area (Å²) in [6, 6.07) is 13.6. The first-order valence-corrected chi connectivity index (χ1v) is 12.4. The van der Waals surface area contributed by atoms with E-state index in [1.165, 1.54) is 0 Å². The van der Waals surface area contributed by atoms with Gasteiger partial charge in [-0.05, 0) is 68.4 Å². The molecule has 7 nitrogen and oxygen atoms in total. The number of carbonyl (C=O) groups excluding carboxylic acids is 1. The zero-order valence-corrected chi connectivity index (χ0v) is 20.4. The van der Waals surface area contributed by atoms with Crippen molar-refractivity contribution in [2.24, 2.45) is 5.92 Å². The maximum absolute atomic E-state index is 13.4. The third-order valence-corrected chi connectivity index (χ3v) is 7.12. The number of nitrogens with one attached hydrogen (secondary N) is 1. The van der Waals surface area contributed by atoms with Crippen LogP contribution in [-0.4, -0.2) is 31.1 Å². The van der Waals surface area contributed by atoms with Crippen molar-refractivity contribution < 1.29 is 4.79 Å². The van der Waals surface area contributed by atoms with Crippen molar-refractivity contribution >= 4 is 28.5 Å². The summed E-state index contributed by atoms with van der Waals surface area (Å²) in [5, 5.41) is 3.60. The first kappa shape index (κ1) is 23.3. The van der Waals surface area contributed by atoms with Crippen LogP contribution in [0.25, 0.3) is 11.0 Å². The van der Waals surface area contributed by atoms with Crippen LogP contribution in [0.3, 0.4) is 0 Å². The summed E-state index contributed by atoms with van der Waals surface area (Å²) >= 11 is 6.03. The van der Waals surface area contributed by atoms with Crippen molar-refractivity contribution in [2.45, 2.75) is 51.7 Å². The van der Waals surface area contributed by atoms with Gasteiger partial charge in [0.2, 0.25) is 0 Å². The van der Waals surface area contributed by atoms with E-state index in [9.17, 15) is 9.59 Å². The fourth-order valence-corrected chi connectivity index (χ4v) is 5.18. The Morgan fingerprint density at radius 1 is 1.06 bits per heavy atom. The molecule has 1 aromatic carbocycles. The molecule has 1 amide bonds. The standard InChI is InChI=1S/C27H28ClN5O2/c1-18-23(13-21(28)15-30-18)26(34)31-22-10-8-19(9-11-22)16-32-24-6-2-3-7-25(24)33(27(32)35)17-20-5-4-12-29-14-20/h2-7,12-15,19,22H,8-11,16-17H2,1H3,(H,31,34)/t19-,22-. The maximum Gasteiger partial charge on any atom is 0.329 e. The predicted octanol–water partition coefficient (Wildman–Crippen LogP) is 4.59. The lowest BCUT2D eigenvalue weighted by Crippen LogP contribution is -2.39. The van der Waals surface area contributed by atoms with E-state index in [0.717, 1.165) is 42.3 Å². The fraction of sp³-hybridized carbons (Fsp3) is 0.333. The second-order valence-electron chi connectivity index (χ2n) is 9.31. The molecule has 3 heterocycles. The molecule has 0 bridgehead atoms. The number of hydrogen-bond acceptors (Lipinski definition) is 4. The van der Waals surface area contributed by atoms with E-state index < -0.39 is 0 Å². The Balaban J connectivity index is 1.27. The number of pyridine rings is 2. The van der Waals surface area contributed by atoms with Gasteiger partial charge in [-0.1, -0.05) is 29.8 Å². The van der Waals surface area contributed by atoms with Gasteiger partial charge in [-0.25, -0.2) is 4.79 Å². The highest BCUT2D eigenvalue weighted by Crippen LogP contribution is 2.27. The topological polar surface area (TPSA) is 81.8 Å². The smallest absolute Gasteiger partial charge is 0.329 e. The van der Waals surface area contributed by atoms with E-state index in [0.29, 0.717) is 35.3 Å². The SMILES string of the molecule is Cc1ncc(Cl)cc1C(=O)N[C@H]1CC[C@H](Cn2c(=O)n(Cc3cccnc3)c3ccccc32)CC1. The van der Waals surface area contributed by atoms with Crippen LogP contribution in [-0.2, 0) is 13.1 Å². The molecule has 1 fully saturated rings. The Morgan fingerprint density at radius 2 is 1.80 bits per heavy atom. The summed E-state index contributed by atoms with van der Waals surface area (Å²) in [5.74, 6) is 0.253. The molecule has 0 saturated heterocycles. The minimum Gasteiger partial charge on any atom is -0.349 e. The molecular weight excluding hydrogens is 462 g/mol. The van der Waals surface area contributed by atoms with E-state index in [1.807, 2.05) is 52.5 Å². The second kappa shape index (κ2) is 10.0. The van der Waals surface area contributed by atoms with Gasteiger partial charge >= 0.3 is 5.69 Å². The molecule has 3 aromatic heterocycles. The first-order valence-electron chi connectivity index (χ1n) is 12.0. The molecule has 5 rings (SSSR count). The summed E-state index contributed by atoms with van der Waals surface area (Å²) < 4.78 is 3.75. The van der Waals surface area contributed by atoms with Crippen LogP contribution in [0.1, 0.15) is 47.3 Å². The molecule has 1 N–H and O–H groups in total. The van der Waals surface area contributed by atoms with E-state index in [4.69, 9.17) is 11.6 Å². The average Bonchev–Trinajstić information content (AvgIpc) is 3.13. The lowest BCUT2D eigenvalue weighted by molar-refractivity contribution is 0.0919. The van der Waals surface area contributed by atoms with Crippen LogP contribution in [0.15, 0.2) is 65.8 Å². The molecule has 35 heavy (non-hydrogen) atoms. The number of nitrogens with zero attached hydrogens (tertiary/aromatic N) is 4. The Kier molecular flexibility index (Phi) is 6.68. The number of carbonyl (C=O) groups is 1. The van der Waals surface area contributed by atoms with Gasteiger partial charge in [0, 0.05) is 31.2 Å². The highest BCUT2D eigenvalue weighted by molar-refractivity contribution is 6.30. The molecule has 1 saturated carbocycles. The molecule has 0 aliphatic heterocycles. The highest BCUT2D eigenvalue weighted by Gasteiger charge is 2.25. The quantitative estimate of drug-likeness (QED) is 0.429. The van der Waals surface area contributed by atoms with Crippen LogP contribution in [0.2, 0.25) is 5.02 Å². The number of halogens is 1. The van der Waals surface area contributed by atoms with E-state index in [-0.39, 0.29) is 17.6 Å². The Bertz CT molecular complexity index is 1400. The Labute approximate surface area is 208 Å². The van der Waals surface area contributed by atoms with Crippen LogP contribution in [0.5, 0.6) is 0 Å². The first-order chi connectivity index (χ1) is 17.0. The third-order valence-electron chi connectivity index (χ3n) is 6.91. The minimum atomic E-state index is -0.129. The number of aryl methyl sites for hydroxylation is 1. The molecule has 0 atom stereocenters. The molecule has 1 aliphatic carbocycles. The van der Waals surface area contributed by atoms with Crippen LogP contribution < -0.4 is 11.0 Å². The number of aromatic nitrogens is 4. The van der Waals surface area contributed by atoms with E-state index in [1.54, 1.807) is 24.7 Å². The lowest BCUT2D eigenvalue weighted by Gasteiger charge is -2.29. The van der Waals surface area contributed by atoms with Gasteiger partial charge in [0.1, 0.15) is 0 Å².